The van der Waals surface area contributed by atoms with E-state index in [1.807, 2.05) is 24.3 Å². The number of alkyl carbamates (subject to hydrolysis) is 2. The van der Waals surface area contributed by atoms with Gasteiger partial charge in [-0.05, 0) is 17.2 Å². The minimum atomic E-state index is -1.23. The predicted molar refractivity (Wildman–Crippen MR) is 117 cm³/mol. The largest absolute Gasteiger partial charge is 0.480 e. The first-order valence-corrected chi connectivity index (χ1v) is 9.23. The number of nitrogens with one attached hydrogen (secondary N) is 2. The molecule has 0 aliphatic heterocycles. The first-order valence-electron chi connectivity index (χ1n) is 9.23. The average Bonchev–Trinajstić information content (AvgIpc) is 2.79. The molecular formula is C22H26N2O8. The molecule has 32 heavy (non-hydrogen) atoms. The van der Waals surface area contributed by atoms with Crippen molar-refractivity contribution in [2.24, 2.45) is 0 Å². The SMILES string of the molecule is COC(=O)N/C(=C\c1ccccc1)C(=O)O.COC(=O)NC(Cc1ccccc1)C(=O)O.[HH]. The van der Waals surface area contributed by atoms with Gasteiger partial charge in [-0.1, -0.05) is 60.7 Å². The van der Waals surface area contributed by atoms with Crippen LogP contribution < -0.4 is 10.6 Å². The molecule has 2 aromatic carbocycles. The number of aliphatic carboxylic acids is 2. The van der Waals surface area contributed by atoms with Crippen molar-refractivity contribution < 1.29 is 40.3 Å². The third kappa shape index (κ3) is 9.92. The van der Waals surface area contributed by atoms with Crippen LogP contribution in [-0.2, 0) is 25.5 Å². The summed E-state index contributed by atoms with van der Waals surface area (Å²) in [5.41, 5.74) is 1.28. The number of benzene rings is 2. The highest BCUT2D eigenvalue weighted by Gasteiger charge is 2.20. The molecule has 2 amide bonds. The van der Waals surface area contributed by atoms with E-state index in [1.165, 1.54) is 13.2 Å². The van der Waals surface area contributed by atoms with Gasteiger partial charge in [0.25, 0.3) is 0 Å². The quantitative estimate of drug-likeness (QED) is 0.474. The number of rotatable bonds is 7. The minimum Gasteiger partial charge on any atom is -0.480 e. The molecular weight excluding hydrogens is 420 g/mol. The van der Waals surface area contributed by atoms with E-state index in [4.69, 9.17) is 10.2 Å². The lowest BCUT2D eigenvalue weighted by Crippen LogP contribution is -2.42. The standard InChI is InChI=1S/C11H13NO4.C11H11NO4.H2/c2*1-16-11(15)12-9(10(13)14)7-8-5-3-2-4-6-8;/h2-6,9H,7H2,1H3,(H,12,15)(H,13,14);2-7H,1H3,(H,12,15)(H,13,14);1H/b;9-7-;. The topological polar surface area (TPSA) is 151 Å². The summed E-state index contributed by atoms with van der Waals surface area (Å²) in [7, 11) is 2.36. The minimum absolute atomic E-state index is 0. The van der Waals surface area contributed by atoms with E-state index in [0.717, 1.165) is 12.7 Å². The molecule has 10 heteroatoms. The summed E-state index contributed by atoms with van der Waals surface area (Å²) in [5, 5.41) is 22.1. The Balaban J connectivity index is 0.000000602. The molecule has 0 aliphatic rings. The Bertz CT molecular complexity index is 936. The molecule has 10 nitrogen and oxygen atoms in total. The molecule has 2 aromatic rings. The smallest absolute Gasteiger partial charge is 0.411 e. The normalized spacial score (nSPS) is 11.1. The van der Waals surface area contributed by atoms with Gasteiger partial charge < -0.3 is 25.0 Å². The van der Waals surface area contributed by atoms with E-state index in [2.05, 4.69) is 20.1 Å². The summed E-state index contributed by atoms with van der Waals surface area (Å²) in [4.78, 5) is 43.5. The van der Waals surface area contributed by atoms with Crippen LogP contribution in [0.15, 0.2) is 66.4 Å². The van der Waals surface area contributed by atoms with Gasteiger partial charge in [-0.25, -0.2) is 19.2 Å². The molecule has 0 radical (unpaired) electrons. The maximum absolute atomic E-state index is 10.9. The summed E-state index contributed by atoms with van der Waals surface area (Å²) < 4.78 is 8.67. The van der Waals surface area contributed by atoms with Crippen LogP contribution in [0.25, 0.3) is 6.08 Å². The van der Waals surface area contributed by atoms with E-state index < -0.39 is 30.2 Å². The van der Waals surface area contributed by atoms with Crippen molar-refractivity contribution in [3.05, 3.63) is 77.5 Å². The number of carboxylic acid groups (broad SMARTS) is 2. The second kappa shape index (κ2) is 13.8. The van der Waals surface area contributed by atoms with Crippen LogP contribution in [-0.4, -0.2) is 54.6 Å². The number of methoxy groups -OCH3 is 2. The molecule has 0 fully saturated rings. The van der Waals surface area contributed by atoms with Crippen LogP contribution in [0.3, 0.4) is 0 Å². The molecule has 0 heterocycles. The molecule has 1 unspecified atom stereocenters. The Morgan fingerprint density at radius 3 is 1.91 bits per heavy atom. The first kappa shape index (κ1) is 25.7. The summed E-state index contributed by atoms with van der Waals surface area (Å²) in [6.45, 7) is 0. The zero-order valence-electron chi connectivity index (χ0n) is 17.5. The highest BCUT2D eigenvalue weighted by Crippen LogP contribution is 2.05. The van der Waals surface area contributed by atoms with Gasteiger partial charge in [0, 0.05) is 7.85 Å². The summed E-state index contributed by atoms with van der Waals surface area (Å²) in [6.07, 6.45) is 0.0118. The maximum atomic E-state index is 10.9. The molecule has 0 aromatic heterocycles. The fraction of sp³-hybridized carbons (Fsp3) is 0.182. The van der Waals surface area contributed by atoms with Crippen molar-refractivity contribution in [2.75, 3.05) is 14.2 Å². The lowest BCUT2D eigenvalue weighted by molar-refractivity contribution is -0.139. The van der Waals surface area contributed by atoms with Crippen LogP contribution in [0.2, 0.25) is 0 Å². The number of hydrogen-bond donors (Lipinski definition) is 4. The van der Waals surface area contributed by atoms with Crippen molar-refractivity contribution in [3.63, 3.8) is 0 Å². The van der Waals surface area contributed by atoms with Gasteiger partial charge in [0.1, 0.15) is 11.7 Å². The zero-order valence-corrected chi connectivity index (χ0v) is 17.5. The van der Waals surface area contributed by atoms with Crippen molar-refractivity contribution in [1.82, 2.24) is 10.6 Å². The number of ether oxygens (including phenoxy) is 2. The van der Waals surface area contributed by atoms with Crippen molar-refractivity contribution in [1.29, 1.82) is 0 Å². The summed E-state index contributed by atoms with van der Waals surface area (Å²) >= 11 is 0. The third-order valence-electron chi connectivity index (χ3n) is 3.82. The molecule has 1 atom stereocenters. The zero-order chi connectivity index (χ0) is 23.9. The lowest BCUT2D eigenvalue weighted by atomic mass is 10.1. The number of carbonyl (C=O) groups is 4. The molecule has 4 N–H and O–H groups in total. The van der Waals surface area contributed by atoms with Gasteiger partial charge in [0.2, 0.25) is 0 Å². The Labute approximate surface area is 186 Å². The van der Waals surface area contributed by atoms with Crippen LogP contribution in [0, 0.1) is 0 Å². The Morgan fingerprint density at radius 2 is 1.44 bits per heavy atom. The van der Waals surface area contributed by atoms with Gasteiger partial charge in [-0.2, -0.15) is 0 Å². The molecule has 0 bridgehead atoms. The fourth-order valence-electron chi connectivity index (χ4n) is 2.28. The van der Waals surface area contributed by atoms with Crippen molar-refractivity contribution in [3.8, 4) is 0 Å². The van der Waals surface area contributed by atoms with Crippen molar-refractivity contribution in [2.45, 2.75) is 12.5 Å². The Morgan fingerprint density at radius 1 is 0.906 bits per heavy atom. The van der Waals surface area contributed by atoms with Gasteiger partial charge in [-0.3, -0.25) is 5.32 Å². The van der Waals surface area contributed by atoms with Gasteiger partial charge in [0.15, 0.2) is 0 Å². The molecule has 0 spiro atoms. The lowest BCUT2D eigenvalue weighted by Gasteiger charge is -2.13. The Kier molecular flexibility index (Phi) is 11.1. The van der Waals surface area contributed by atoms with Crippen LogP contribution in [0.1, 0.15) is 12.6 Å². The first-order chi connectivity index (χ1) is 15.3. The second-order valence-corrected chi connectivity index (χ2v) is 6.11. The molecule has 2 rings (SSSR count). The van der Waals surface area contributed by atoms with Crippen LogP contribution in [0.4, 0.5) is 9.59 Å². The highest BCUT2D eigenvalue weighted by atomic mass is 16.5. The van der Waals surface area contributed by atoms with E-state index >= 15 is 0 Å². The van der Waals surface area contributed by atoms with Gasteiger partial charge in [-0.15, -0.1) is 0 Å². The number of carboxylic acids is 2. The summed E-state index contributed by atoms with van der Waals surface area (Å²) in [6, 6.07) is 16.9. The molecule has 0 saturated heterocycles. The molecule has 172 valence electrons. The average molecular weight is 446 g/mol. The van der Waals surface area contributed by atoms with Gasteiger partial charge >= 0.3 is 24.1 Å². The second-order valence-electron chi connectivity index (χ2n) is 6.11. The van der Waals surface area contributed by atoms with Crippen molar-refractivity contribution >= 4 is 30.2 Å². The third-order valence-corrected chi connectivity index (χ3v) is 3.82. The predicted octanol–water partition coefficient (Wildman–Crippen LogP) is 2.75. The molecule has 0 saturated carbocycles. The van der Waals surface area contributed by atoms with E-state index in [9.17, 15) is 19.2 Å². The maximum Gasteiger partial charge on any atom is 0.411 e. The highest BCUT2D eigenvalue weighted by molar-refractivity contribution is 5.95. The van der Waals surface area contributed by atoms with Crippen LogP contribution in [0.5, 0.6) is 0 Å². The van der Waals surface area contributed by atoms with E-state index in [-0.39, 0.29) is 13.5 Å². The van der Waals surface area contributed by atoms with Crippen LogP contribution >= 0.6 is 0 Å². The van der Waals surface area contributed by atoms with E-state index in [0.29, 0.717) is 5.56 Å². The van der Waals surface area contributed by atoms with Gasteiger partial charge in [0.05, 0.1) is 14.2 Å². The summed E-state index contributed by atoms with van der Waals surface area (Å²) in [5.74, 6) is -2.32. The van der Waals surface area contributed by atoms with E-state index in [1.54, 1.807) is 36.4 Å². The molecule has 0 aliphatic carbocycles. The number of carbonyl (C=O) groups excluding carboxylic acids is 2. The monoisotopic (exact) mass is 446 g/mol. The number of hydrogen-bond acceptors (Lipinski definition) is 6. The number of amides is 2. The fourth-order valence-corrected chi connectivity index (χ4v) is 2.28. The Hall–Kier alpha value is -4.34.